The highest BCUT2D eigenvalue weighted by Gasteiger charge is 2.18. The van der Waals surface area contributed by atoms with E-state index in [4.69, 9.17) is 11.6 Å². The molecule has 1 N–H and O–H groups in total. The molecule has 0 fully saturated rings. The summed E-state index contributed by atoms with van der Waals surface area (Å²) >= 11 is 5.87. The maximum absolute atomic E-state index is 12.7. The number of halogens is 1. The molecule has 0 spiro atoms. The SMILES string of the molecule is Cc1cc(C(=O)NCCc2ccc(Cl)cc2)c2c(=O)n(C)c(=O)n(C)c2n1. The van der Waals surface area contributed by atoms with Crippen LogP contribution in [0.25, 0.3) is 11.0 Å². The Hall–Kier alpha value is -2.93. The van der Waals surface area contributed by atoms with Crippen molar-refractivity contribution in [2.45, 2.75) is 13.3 Å². The Kier molecular flexibility index (Phi) is 5.14. The molecular weight excluding hydrogens is 368 g/mol. The Morgan fingerprint density at radius 3 is 2.48 bits per heavy atom. The summed E-state index contributed by atoms with van der Waals surface area (Å²) < 4.78 is 2.25. The second-order valence-electron chi connectivity index (χ2n) is 6.35. The molecule has 27 heavy (non-hydrogen) atoms. The number of aromatic nitrogens is 3. The zero-order valence-electron chi connectivity index (χ0n) is 15.2. The lowest BCUT2D eigenvalue weighted by atomic mass is 10.1. The summed E-state index contributed by atoms with van der Waals surface area (Å²) in [5, 5.41) is 3.62. The van der Waals surface area contributed by atoms with Gasteiger partial charge in [0.1, 0.15) is 5.65 Å². The van der Waals surface area contributed by atoms with E-state index in [0.717, 1.165) is 10.1 Å². The third kappa shape index (κ3) is 3.64. The van der Waals surface area contributed by atoms with Gasteiger partial charge in [0, 0.05) is 31.4 Å². The number of carbonyl (C=O) groups excluding carboxylic acids is 1. The number of amides is 1. The smallest absolute Gasteiger partial charge is 0.332 e. The molecule has 8 heteroatoms. The molecule has 1 amide bonds. The standard InChI is InChI=1S/C19H19ClN4O3/c1-11-10-14(15-16(22-11)23(2)19(27)24(3)18(15)26)17(25)21-9-8-12-4-6-13(20)7-5-12/h4-7,10H,8-9H2,1-3H3,(H,21,25). The van der Waals surface area contributed by atoms with Crippen LogP contribution in [0, 0.1) is 6.92 Å². The van der Waals surface area contributed by atoms with E-state index in [1.165, 1.54) is 18.7 Å². The first-order chi connectivity index (χ1) is 12.8. The second-order valence-corrected chi connectivity index (χ2v) is 6.78. The van der Waals surface area contributed by atoms with Gasteiger partial charge >= 0.3 is 5.69 Å². The van der Waals surface area contributed by atoms with Crippen molar-refractivity contribution in [1.82, 2.24) is 19.4 Å². The van der Waals surface area contributed by atoms with Gasteiger partial charge in [-0.2, -0.15) is 0 Å². The van der Waals surface area contributed by atoms with Gasteiger partial charge in [-0.1, -0.05) is 23.7 Å². The maximum Gasteiger partial charge on any atom is 0.332 e. The molecule has 1 aromatic carbocycles. The maximum atomic E-state index is 12.7. The number of pyridine rings is 1. The number of aryl methyl sites for hydroxylation is 2. The van der Waals surface area contributed by atoms with Crippen LogP contribution in [0.3, 0.4) is 0 Å². The molecule has 140 valence electrons. The van der Waals surface area contributed by atoms with Gasteiger partial charge in [-0.3, -0.25) is 18.7 Å². The summed E-state index contributed by atoms with van der Waals surface area (Å²) in [6.45, 7) is 2.11. The van der Waals surface area contributed by atoms with Crippen LogP contribution in [0.2, 0.25) is 5.02 Å². The highest BCUT2D eigenvalue weighted by Crippen LogP contribution is 2.14. The number of rotatable bonds is 4. The largest absolute Gasteiger partial charge is 0.352 e. The van der Waals surface area contributed by atoms with Crippen molar-refractivity contribution in [1.29, 1.82) is 0 Å². The van der Waals surface area contributed by atoms with E-state index in [1.807, 2.05) is 12.1 Å². The first-order valence-corrected chi connectivity index (χ1v) is 8.77. The van der Waals surface area contributed by atoms with Crippen molar-refractivity contribution in [3.63, 3.8) is 0 Å². The molecule has 0 aliphatic heterocycles. The number of carbonyl (C=O) groups is 1. The monoisotopic (exact) mass is 386 g/mol. The summed E-state index contributed by atoms with van der Waals surface area (Å²) in [5.41, 5.74) is 0.973. The molecule has 0 saturated carbocycles. The summed E-state index contributed by atoms with van der Waals surface area (Å²) in [4.78, 5) is 41.7. The van der Waals surface area contributed by atoms with Gasteiger partial charge in [0.2, 0.25) is 0 Å². The van der Waals surface area contributed by atoms with Gasteiger partial charge in [-0.15, -0.1) is 0 Å². The molecule has 0 aliphatic rings. The molecule has 0 aliphatic carbocycles. The van der Waals surface area contributed by atoms with Crippen molar-refractivity contribution in [2.24, 2.45) is 14.1 Å². The number of hydrogen-bond acceptors (Lipinski definition) is 4. The Morgan fingerprint density at radius 1 is 1.15 bits per heavy atom. The van der Waals surface area contributed by atoms with Crippen molar-refractivity contribution >= 4 is 28.5 Å². The van der Waals surface area contributed by atoms with Crippen LogP contribution in [0.5, 0.6) is 0 Å². The highest BCUT2D eigenvalue weighted by molar-refractivity contribution is 6.30. The molecule has 3 aromatic rings. The van der Waals surface area contributed by atoms with E-state index in [9.17, 15) is 14.4 Å². The van der Waals surface area contributed by atoms with Crippen molar-refractivity contribution in [3.8, 4) is 0 Å². The van der Waals surface area contributed by atoms with Crippen LogP contribution in [0.15, 0.2) is 39.9 Å². The third-order valence-corrected chi connectivity index (χ3v) is 4.65. The fourth-order valence-electron chi connectivity index (χ4n) is 2.93. The predicted molar refractivity (Wildman–Crippen MR) is 104 cm³/mol. The summed E-state index contributed by atoms with van der Waals surface area (Å²) in [7, 11) is 2.91. The Labute approximate surface area is 160 Å². The lowest BCUT2D eigenvalue weighted by molar-refractivity contribution is 0.0955. The van der Waals surface area contributed by atoms with E-state index in [2.05, 4.69) is 10.3 Å². The number of fused-ring (bicyclic) bond motifs is 1. The Balaban J connectivity index is 1.93. The van der Waals surface area contributed by atoms with Crippen LogP contribution in [-0.4, -0.2) is 26.6 Å². The number of benzene rings is 1. The van der Waals surface area contributed by atoms with Crippen LogP contribution >= 0.6 is 11.6 Å². The van der Waals surface area contributed by atoms with Gasteiger partial charge in [-0.25, -0.2) is 9.78 Å². The molecule has 0 saturated heterocycles. The van der Waals surface area contributed by atoms with Gasteiger partial charge in [0.25, 0.3) is 11.5 Å². The fraction of sp³-hybridized carbons (Fsp3) is 0.263. The first kappa shape index (κ1) is 18.8. The topological polar surface area (TPSA) is 86.0 Å². The summed E-state index contributed by atoms with van der Waals surface area (Å²) in [6, 6.07) is 8.94. The van der Waals surface area contributed by atoms with Crippen molar-refractivity contribution in [3.05, 3.63) is 73.0 Å². The number of nitrogens with zero attached hydrogens (tertiary/aromatic N) is 3. The van der Waals surface area contributed by atoms with E-state index in [0.29, 0.717) is 23.7 Å². The van der Waals surface area contributed by atoms with Gasteiger partial charge in [0.05, 0.1) is 10.9 Å². The molecule has 7 nitrogen and oxygen atoms in total. The average Bonchev–Trinajstić information content (AvgIpc) is 2.65. The van der Waals surface area contributed by atoms with Crippen LogP contribution < -0.4 is 16.6 Å². The summed E-state index contributed by atoms with van der Waals surface area (Å²) in [5.74, 6) is -0.379. The highest BCUT2D eigenvalue weighted by atomic mass is 35.5. The van der Waals surface area contributed by atoms with E-state index in [1.54, 1.807) is 25.1 Å². The van der Waals surface area contributed by atoms with Gasteiger partial charge in [-0.05, 0) is 37.1 Å². The Bertz CT molecular complexity index is 1150. The van der Waals surface area contributed by atoms with Crippen LogP contribution in [-0.2, 0) is 20.5 Å². The van der Waals surface area contributed by atoms with Gasteiger partial charge in [0.15, 0.2) is 0 Å². The molecule has 0 atom stereocenters. The fourth-order valence-corrected chi connectivity index (χ4v) is 3.05. The predicted octanol–water partition coefficient (Wildman–Crippen LogP) is 1.57. The molecular formula is C19H19ClN4O3. The zero-order chi connectivity index (χ0) is 19.7. The molecule has 0 radical (unpaired) electrons. The van der Waals surface area contributed by atoms with E-state index < -0.39 is 11.2 Å². The lowest BCUT2D eigenvalue weighted by Crippen LogP contribution is -2.39. The molecule has 2 aromatic heterocycles. The molecule has 0 bridgehead atoms. The first-order valence-electron chi connectivity index (χ1n) is 8.39. The minimum atomic E-state index is -0.538. The second kappa shape index (κ2) is 7.36. The minimum absolute atomic E-state index is 0.134. The van der Waals surface area contributed by atoms with Gasteiger partial charge < -0.3 is 5.32 Å². The summed E-state index contributed by atoms with van der Waals surface area (Å²) in [6.07, 6.45) is 0.626. The minimum Gasteiger partial charge on any atom is -0.352 e. The lowest BCUT2D eigenvalue weighted by Gasteiger charge is -2.12. The van der Waals surface area contributed by atoms with E-state index >= 15 is 0 Å². The molecule has 0 unspecified atom stereocenters. The zero-order valence-corrected chi connectivity index (χ0v) is 16.0. The van der Waals surface area contributed by atoms with Crippen molar-refractivity contribution < 1.29 is 4.79 Å². The van der Waals surface area contributed by atoms with E-state index in [-0.39, 0.29) is 22.5 Å². The quantitative estimate of drug-likeness (QED) is 0.737. The van der Waals surface area contributed by atoms with Crippen LogP contribution in [0.1, 0.15) is 21.6 Å². The number of hydrogen-bond donors (Lipinski definition) is 1. The number of nitrogens with one attached hydrogen (secondary N) is 1. The Morgan fingerprint density at radius 2 is 1.81 bits per heavy atom. The normalized spacial score (nSPS) is 11.0. The third-order valence-electron chi connectivity index (χ3n) is 4.40. The average molecular weight is 387 g/mol. The van der Waals surface area contributed by atoms with Crippen LogP contribution in [0.4, 0.5) is 0 Å². The van der Waals surface area contributed by atoms with Crippen molar-refractivity contribution in [2.75, 3.05) is 6.54 Å². The molecule has 2 heterocycles. The molecule has 3 rings (SSSR count).